The molecule has 0 aliphatic heterocycles. The maximum Gasteiger partial charge on any atom is 0.160 e. The molecule has 0 saturated heterocycles. The van der Waals surface area contributed by atoms with Crippen LogP contribution in [0.4, 0.5) is 0 Å². The third-order valence-electron chi connectivity index (χ3n) is 3.29. The second kappa shape index (κ2) is 6.61. The first-order valence-electron chi connectivity index (χ1n) is 6.10. The number of benzene rings is 1. The van der Waals surface area contributed by atoms with Crippen molar-refractivity contribution in [1.29, 1.82) is 0 Å². The first kappa shape index (κ1) is 14.8. The third kappa shape index (κ3) is 3.62. The Hall–Kier alpha value is -1.26. The van der Waals surface area contributed by atoms with Crippen molar-refractivity contribution in [1.82, 2.24) is 0 Å². The van der Waals surface area contributed by atoms with E-state index in [-0.39, 0.29) is 12.0 Å². The summed E-state index contributed by atoms with van der Waals surface area (Å²) in [5.74, 6) is 1.44. The quantitative estimate of drug-likeness (QED) is 0.774. The van der Waals surface area contributed by atoms with Crippen LogP contribution in [0.3, 0.4) is 0 Å². The van der Waals surface area contributed by atoms with Crippen molar-refractivity contribution in [3.8, 4) is 11.5 Å². The number of methoxy groups -OCH3 is 2. The van der Waals surface area contributed by atoms with Crippen LogP contribution in [0, 0.1) is 5.41 Å². The van der Waals surface area contributed by atoms with E-state index in [9.17, 15) is 0 Å². The van der Waals surface area contributed by atoms with E-state index in [1.165, 1.54) is 0 Å². The molecule has 1 atom stereocenters. The second-order valence-corrected chi connectivity index (χ2v) is 4.85. The summed E-state index contributed by atoms with van der Waals surface area (Å²) in [6.07, 6.45) is 1.50. The van der Waals surface area contributed by atoms with Gasteiger partial charge in [0.1, 0.15) is 0 Å². The van der Waals surface area contributed by atoms with Gasteiger partial charge in [0, 0.05) is 6.61 Å². The molecule has 18 heavy (non-hydrogen) atoms. The number of hydrogen-bond acceptors (Lipinski definition) is 4. The smallest absolute Gasteiger partial charge is 0.160 e. The van der Waals surface area contributed by atoms with Crippen LogP contribution in [0.2, 0.25) is 0 Å². The van der Waals surface area contributed by atoms with Crippen molar-refractivity contribution in [2.24, 2.45) is 11.1 Å². The molecule has 4 heteroatoms. The van der Waals surface area contributed by atoms with Gasteiger partial charge in [0.25, 0.3) is 0 Å². The molecule has 1 aromatic rings. The largest absolute Gasteiger partial charge is 0.493 e. The van der Waals surface area contributed by atoms with Gasteiger partial charge >= 0.3 is 0 Å². The van der Waals surface area contributed by atoms with Gasteiger partial charge in [-0.15, -0.1) is 0 Å². The molecular formula is C14H23NO3. The van der Waals surface area contributed by atoms with E-state index in [0.717, 1.165) is 23.5 Å². The predicted octanol–water partition coefficient (Wildman–Crippen LogP) is 1.59. The zero-order valence-electron chi connectivity index (χ0n) is 11.4. The number of aliphatic hydroxyl groups is 1. The van der Waals surface area contributed by atoms with Gasteiger partial charge in [0.05, 0.1) is 14.2 Å². The molecule has 1 aromatic carbocycles. The lowest BCUT2D eigenvalue weighted by molar-refractivity contribution is 0.201. The Morgan fingerprint density at radius 1 is 1.22 bits per heavy atom. The van der Waals surface area contributed by atoms with Gasteiger partial charge < -0.3 is 20.3 Å². The molecule has 0 fully saturated rings. The van der Waals surface area contributed by atoms with Gasteiger partial charge in [0.15, 0.2) is 11.5 Å². The van der Waals surface area contributed by atoms with Crippen molar-refractivity contribution in [2.75, 3.05) is 27.4 Å². The van der Waals surface area contributed by atoms with Gasteiger partial charge in [-0.25, -0.2) is 0 Å². The lowest BCUT2D eigenvalue weighted by atomic mass is 9.81. The van der Waals surface area contributed by atoms with Crippen LogP contribution in [-0.4, -0.2) is 32.5 Å². The molecule has 1 rings (SSSR count). The number of aliphatic hydroxyl groups excluding tert-OH is 1. The Kier molecular flexibility index (Phi) is 5.44. The summed E-state index contributed by atoms with van der Waals surface area (Å²) in [6.45, 7) is 2.78. The summed E-state index contributed by atoms with van der Waals surface area (Å²) in [5, 5.41) is 9.09. The predicted molar refractivity (Wildman–Crippen MR) is 72.1 cm³/mol. The molecule has 102 valence electrons. The van der Waals surface area contributed by atoms with Crippen molar-refractivity contribution < 1.29 is 14.6 Å². The zero-order valence-corrected chi connectivity index (χ0v) is 11.4. The Labute approximate surface area is 109 Å². The van der Waals surface area contributed by atoms with Crippen LogP contribution in [0.15, 0.2) is 18.2 Å². The molecule has 0 spiro atoms. The van der Waals surface area contributed by atoms with Crippen molar-refractivity contribution in [2.45, 2.75) is 19.8 Å². The molecule has 0 aliphatic rings. The minimum absolute atomic E-state index is 0.0889. The fraction of sp³-hybridized carbons (Fsp3) is 0.571. The van der Waals surface area contributed by atoms with E-state index in [1.807, 2.05) is 18.2 Å². The molecule has 0 aromatic heterocycles. The Balaban J connectivity index is 2.90. The SMILES string of the molecule is COc1ccc(CC(C)(CN)CCO)cc1OC. The van der Waals surface area contributed by atoms with Gasteiger partial charge in [-0.2, -0.15) is 0 Å². The van der Waals surface area contributed by atoms with Crippen LogP contribution >= 0.6 is 0 Å². The van der Waals surface area contributed by atoms with E-state index in [2.05, 4.69) is 6.92 Å². The molecular weight excluding hydrogens is 230 g/mol. The summed E-state index contributed by atoms with van der Waals surface area (Å²) < 4.78 is 10.5. The average Bonchev–Trinajstić information content (AvgIpc) is 2.38. The topological polar surface area (TPSA) is 64.7 Å². The molecule has 0 heterocycles. The Morgan fingerprint density at radius 2 is 1.89 bits per heavy atom. The Bertz CT molecular complexity index is 381. The van der Waals surface area contributed by atoms with E-state index < -0.39 is 0 Å². The number of rotatable bonds is 7. The highest BCUT2D eigenvalue weighted by atomic mass is 16.5. The molecule has 0 radical (unpaired) electrons. The summed E-state index contributed by atoms with van der Waals surface area (Å²) in [4.78, 5) is 0. The van der Waals surface area contributed by atoms with E-state index >= 15 is 0 Å². The summed E-state index contributed by atoms with van der Waals surface area (Å²) >= 11 is 0. The standard InChI is InChI=1S/C14H23NO3/c1-14(10-15,6-7-16)9-11-4-5-12(17-2)13(8-11)18-3/h4-5,8,16H,6-7,9-10,15H2,1-3H3. The highest BCUT2D eigenvalue weighted by Crippen LogP contribution is 2.31. The highest BCUT2D eigenvalue weighted by Gasteiger charge is 2.23. The molecule has 0 bridgehead atoms. The molecule has 0 aliphatic carbocycles. The maximum absolute atomic E-state index is 9.09. The molecule has 3 N–H and O–H groups in total. The Morgan fingerprint density at radius 3 is 2.39 bits per heavy atom. The highest BCUT2D eigenvalue weighted by molar-refractivity contribution is 5.43. The normalized spacial score (nSPS) is 14.1. The minimum atomic E-state index is -0.0889. The molecule has 4 nitrogen and oxygen atoms in total. The summed E-state index contributed by atoms with van der Waals surface area (Å²) in [7, 11) is 3.24. The first-order valence-corrected chi connectivity index (χ1v) is 6.10. The summed E-state index contributed by atoms with van der Waals surface area (Å²) in [5.41, 5.74) is 6.84. The monoisotopic (exact) mass is 253 g/mol. The summed E-state index contributed by atoms with van der Waals surface area (Å²) in [6, 6.07) is 5.86. The molecule has 0 saturated carbocycles. The van der Waals surface area contributed by atoms with Gasteiger partial charge in [-0.05, 0) is 42.5 Å². The van der Waals surface area contributed by atoms with Gasteiger partial charge in [0.2, 0.25) is 0 Å². The second-order valence-electron chi connectivity index (χ2n) is 4.85. The van der Waals surface area contributed by atoms with Crippen molar-refractivity contribution in [3.63, 3.8) is 0 Å². The van der Waals surface area contributed by atoms with Crippen molar-refractivity contribution >= 4 is 0 Å². The van der Waals surface area contributed by atoms with Crippen LogP contribution in [-0.2, 0) is 6.42 Å². The number of nitrogens with two attached hydrogens (primary N) is 1. The minimum Gasteiger partial charge on any atom is -0.493 e. The van der Waals surface area contributed by atoms with Crippen LogP contribution in [0.1, 0.15) is 18.9 Å². The van der Waals surface area contributed by atoms with Gasteiger partial charge in [-0.3, -0.25) is 0 Å². The fourth-order valence-electron chi connectivity index (χ4n) is 2.02. The van der Waals surface area contributed by atoms with Crippen LogP contribution in [0.25, 0.3) is 0 Å². The van der Waals surface area contributed by atoms with Crippen LogP contribution in [0.5, 0.6) is 11.5 Å². The lowest BCUT2D eigenvalue weighted by Gasteiger charge is -2.27. The lowest BCUT2D eigenvalue weighted by Crippen LogP contribution is -2.30. The third-order valence-corrected chi connectivity index (χ3v) is 3.29. The number of ether oxygens (including phenoxy) is 2. The maximum atomic E-state index is 9.09. The fourth-order valence-corrected chi connectivity index (χ4v) is 2.02. The first-order chi connectivity index (χ1) is 8.58. The zero-order chi connectivity index (χ0) is 13.6. The molecule has 0 amide bonds. The van der Waals surface area contributed by atoms with E-state index in [1.54, 1.807) is 14.2 Å². The molecule has 1 unspecified atom stereocenters. The van der Waals surface area contributed by atoms with Gasteiger partial charge in [-0.1, -0.05) is 13.0 Å². The average molecular weight is 253 g/mol. The van der Waals surface area contributed by atoms with E-state index in [4.69, 9.17) is 20.3 Å². The van der Waals surface area contributed by atoms with Crippen molar-refractivity contribution in [3.05, 3.63) is 23.8 Å². The van der Waals surface area contributed by atoms with Crippen LogP contribution < -0.4 is 15.2 Å². The number of hydrogen-bond donors (Lipinski definition) is 2. The van der Waals surface area contributed by atoms with E-state index in [0.29, 0.717) is 13.0 Å².